The van der Waals surface area contributed by atoms with E-state index in [0.717, 1.165) is 38.5 Å². The fourth-order valence-electron chi connectivity index (χ4n) is 9.76. The Balaban J connectivity index is 3.97. The van der Waals surface area contributed by atoms with Gasteiger partial charge in [-0.2, -0.15) is 0 Å². The summed E-state index contributed by atoms with van der Waals surface area (Å²) in [5.74, 6) is -0.137. The first-order chi connectivity index (χ1) is 33.5. The van der Waals surface area contributed by atoms with Crippen LogP contribution < -0.4 is 5.32 Å². The Morgan fingerprint density at radius 1 is 0.435 bits per heavy atom. The number of aliphatic hydroxyl groups is 1. The van der Waals surface area contributed by atoms with Crippen molar-refractivity contribution in [2.24, 2.45) is 0 Å². The molecule has 0 aromatic carbocycles. The summed E-state index contributed by atoms with van der Waals surface area (Å²) in [6, 6.07) is -0.755. The molecule has 69 heavy (non-hydrogen) atoms. The number of nitrogens with zero attached hydrogens (tertiary/aromatic N) is 1. The molecule has 0 aromatic heterocycles. The van der Waals surface area contributed by atoms with E-state index in [1.165, 1.54) is 263 Å². The lowest BCUT2D eigenvalue weighted by atomic mass is 10.0. The van der Waals surface area contributed by atoms with Crippen molar-refractivity contribution >= 4 is 13.7 Å². The van der Waals surface area contributed by atoms with Crippen LogP contribution in [-0.2, 0) is 18.4 Å². The molecule has 0 saturated heterocycles. The summed E-state index contributed by atoms with van der Waals surface area (Å²) in [5.41, 5.74) is 0. The summed E-state index contributed by atoms with van der Waals surface area (Å²) in [4.78, 5) is 23.3. The van der Waals surface area contributed by atoms with Gasteiger partial charge in [0, 0.05) is 6.42 Å². The average Bonchev–Trinajstić information content (AvgIpc) is 3.31. The highest BCUT2D eigenvalue weighted by Crippen LogP contribution is 2.43. The van der Waals surface area contributed by atoms with Crippen LogP contribution in [0, 0.1) is 0 Å². The number of quaternary nitrogens is 1. The van der Waals surface area contributed by atoms with E-state index >= 15 is 0 Å². The third kappa shape index (κ3) is 55.1. The maximum absolute atomic E-state index is 13.0. The maximum atomic E-state index is 13.0. The van der Waals surface area contributed by atoms with E-state index in [9.17, 15) is 19.4 Å². The molecule has 0 saturated carbocycles. The van der Waals surface area contributed by atoms with E-state index in [1.807, 2.05) is 21.1 Å². The Morgan fingerprint density at radius 2 is 0.696 bits per heavy atom. The molecule has 0 aliphatic rings. The van der Waals surface area contributed by atoms with Crippen LogP contribution >= 0.6 is 7.82 Å². The number of hydrogen-bond donors (Lipinski definition) is 3. The highest BCUT2D eigenvalue weighted by Gasteiger charge is 2.28. The van der Waals surface area contributed by atoms with E-state index in [2.05, 4.69) is 19.2 Å². The Labute approximate surface area is 431 Å². The zero-order chi connectivity index (χ0) is 50.6. The topological polar surface area (TPSA) is 105 Å². The number of likely N-dealkylation sites (N-methyl/N-ethyl adjacent to an activating group) is 1. The molecule has 0 radical (unpaired) electrons. The minimum atomic E-state index is -4.32. The number of phosphoric ester groups is 1. The van der Waals surface area contributed by atoms with Gasteiger partial charge in [0.25, 0.3) is 0 Å². The van der Waals surface area contributed by atoms with Crippen LogP contribution in [0.1, 0.15) is 328 Å². The van der Waals surface area contributed by atoms with Gasteiger partial charge < -0.3 is 19.8 Å². The second-order valence-electron chi connectivity index (χ2n) is 22.8. The monoisotopic (exact) mass is 1000 g/mol. The number of amides is 1. The van der Waals surface area contributed by atoms with E-state index < -0.39 is 20.0 Å². The molecule has 0 bridgehead atoms. The van der Waals surface area contributed by atoms with Crippen molar-refractivity contribution in [3.05, 3.63) is 0 Å². The van der Waals surface area contributed by atoms with Crippen LogP contribution in [0.4, 0.5) is 0 Å². The second kappa shape index (κ2) is 52.4. The Hall–Kier alpha value is -0.500. The Kier molecular flexibility index (Phi) is 52.0. The normalized spacial score (nSPS) is 13.8. The molecule has 3 N–H and O–H groups in total. The number of nitrogens with one attached hydrogen (secondary N) is 1. The molecule has 0 rings (SSSR count). The highest BCUT2D eigenvalue weighted by molar-refractivity contribution is 7.47. The first kappa shape index (κ1) is 68.5. The SMILES string of the molecule is CCCCCCCCCCCCCCCCCCCCCCCCCCCCCCCCCCC(O)C(COP(=O)(O)OCC[N+](C)(C)C)NC(=O)CCCCCCCCCCCCCCCCC. The number of unbranched alkanes of at least 4 members (excludes halogenated alkanes) is 45. The summed E-state index contributed by atoms with van der Waals surface area (Å²) in [7, 11) is 1.64. The standard InChI is InChI=1S/C60H123N2O6P/c1-6-8-10-12-14-16-18-20-22-23-24-25-26-27-28-29-30-31-32-33-34-35-36-37-38-40-41-43-45-47-49-51-53-59(63)58(57-68-69(65,66)67-56-55-62(3,4)5)61-60(64)54-52-50-48-46-44-42-39-21-19-17-15-13-11-9-7-2/h58-59,63H,6-57H2,1-5H3,(H-,61,64,65,66)/p+1. The molecule has 3 atom stereocenters. The molecular weight excluding hydrogens is 876 g/mol. The maximum Gasteiger partial charge on any atom is 0.472 e. The lowest BCUT2D eigenvalue weighted by molar-refractivity contribution is -0.870. The zero-order valence-corrected chi connectivity index (χ0v) is 48.2. The lowest BCUT2D eigenvalue weighted by Crippen LogP contribution is -2.46. The largest absolute Gasteiger partial charge is 0.472 e. The van der Waals surface area contributed by atoms with Crippen molar-refractivity contribution in [2.75, 3.05) is 40.9 Å². The second-order valence-corrected chi connectivity index (χ2v) is 24.3. The fraction of sp³-hybridized carbons (Fsp3) is 0.983. The summed E-state index contributed by atoms with van der Waals surface area (Å²) in [5, 5.41) is 14.1. The van der Waals surface area contributed by atoms with Crippen LogP contribution in [0.15, 0.2) is 0 Å². The van der Waals surface area contributed by atoms with Crippen molar-refractivity contribution in [3.63, 3.8) is 0 Å². The molecule has 0 aliphatic heterocycles. The molecule has 9 heteroatoms. The van der Waals surface area contributed by atoms with E-state index in [0.29, 0.717) is 23.9 Å². The molecule has 0 fully saturated rings. The molecule has 0 aromatic rings. The van der Waals surface area contributed by atoms with Gasteiger partial charge in [-0.1, -0.05) is 309 Å². The molecular formula is C60H124N2O6P+. The quantitative estimate of drug-likeness (QED) is 0.0318. The highest BCUT2D eigenvalue weighted by atomic mass is 31.2. The lowest BCUT2D eigenvalue weighted by Gasteiger charge is -2.26. The van der Waals surface area contributed by atoms with Crippen LogP contribution in [0.3, 0.4) is 0 Å². The van der Waals surface area contributed by atoms with Gasteiger partial charge in [-0.05, 0) is 12.8 Å². The van der Waals surface area contributed by atoms with Crippen LogP contribution in [-0.4, -0.2) is 73.4 Å². The van der Waals surface area contributed by atoms with Gasteiger partial charge in [0.2, 0.25) is 5.91 Å². The van der Waals surface area contributed by atoms with Gasteiger partial charge in [0.15, 0.2) is 0 Å². The molecule has 0 aliphatic carbocycles. The third-order valence-electron chi connectivity index (χ3n) is 14.6. The zero-order valence-electron chi connectivity index (χ0n) is 47.3. The summed E-state index contributed by atoms with van der Waals surface area (Å²) >= 11 is 0. The van der Waals surface area contributed by atoms with Crippen molar-refractivity contribution in [1.82, 2.24) is 5.32 Å². The molecule has 0 heterocycles. The smallest absolute Gasteiger partial charge is 0.391 e. The van der Waals surface area contributed by atoms with Crippen molar-refractivity contribution in [1.29, 1.82) is 0 Å². The van der Waals surface area contributed by atoms with E-state index in [-0.39, 0.29) is 19.1 Å². The molecule has 414 valence electrons. The van der Waals surface area contributed by atoms with Gasteiger partial charge in [-0.15, -0.1) is 0 Å². The average molecular weight is 1000 g/mol. The van der Waals surface area contributed by atoms with Crippen LogP contribution in [0.2, 0.25) is 0 Å². The van der Waals surface area contributed by atoms with Crippen LogP contribution in [0.25, 0.3) is 0 Å². The fourth-order valence-corrected chi connectivity index (χ4v) is 10.5. The number of phosphoric acid groups is 1. The molecule has 0 spiro atoms. The number of rotatable bonds is 58. The van der Waals surface area contributed by atoms with Gasteiger partial charge in [0.1, 0.15) is 13.2 Å². The van der Waals surface area contributed by atoms with Gasteiger partial charge in [0.05, 0.1) is 39.9 Å². The number of carbonyl (C=O) groups is 1. The minimum absolute atomic E-state index is 0.0791. The molecule has 1 amide bonds. The van der Waals surface area contributed by atoms with Crippen LogP contribution in [0.5, 0.6) is 0 Å². The molecule has 3 unspecified atom stereocenters. The Bertz CT molecular complexity index is 1090. The van der Waals surface area contributed by atoms with E-state index in [1.54, 1.807) is 0 Å². The third-order valence-corrected chi connectivity index (χ3v) is 15.6. The summed E-state index contributed by atoms with van der Waals surface area (Å²) < 4.78 is 23.8. The van der Waals surface area contributed by atoms with Crippen molar-refractivity contribution < 1.29 is 32.9 Å². The molecule has 8 nitrogen and oxygen atoms in total. The van der Waals surface area contributed by atoms with Crippen molar-refractivity contribution in [3.8, 4) is 0 Å². The van der Waals surface area contributed by atoms with Gasteiger partial charge in [-0.25, -0.2) is 4.57 Å². The van der Waals surface area contributed by atoms with Crippen molar-refractivity contribution in [2.45, 2.75) is 341 Å². The summed E-state index contributed by atoms with van der Waals surface area (Å²) in [6.07, 6.45) is 63.3. The van der Waals surface area contributed by atoms with E-state index in [4.69, 9.17) is 9.05 Å². The number of carbonyl (C=O) groups excluding carboxylic acids is 1. The van der Waals surface area contributed by atoms with Gasteiger partial charge in [-0.3, -0.25) is 13.8 Å². The number of aliphatic hydroxyl groups excluding tert-OH is 1. The predicted molar refractivity (Wildman–Crippen MR) is 300 cm³/mol. The predicted octanol–water partition coefficient (Wildman–Crippen LogP) is 18.8. The first-order valence-corrected chi connectivity index (χ1v) is 32.4. The van der Waals surface area contributed by atoms with Gasteiger partial charge >= 0.3 is 7.82 Å². The minimum Gasteiger partial charge on any atom is -0.391 e. The Morgan fingerprint density at radius 3 is 0.971 bits per heavy atom. The summed E-state index contributed by atoms with van der Waals surface area (Å²) in [6.45, 7) is 4.94. The number of hydrogen-bond acceptors (Lipinski definition) is 5. The first-order valence-electron chi connectivity index (χ1n) is 30.9.